The molecule has 2 aromatic heterocycles. The molecule has 1 N–H and O–H groups in total. The molecule has 1 unspecified atom stereocenters. The van der Waals surface area contributed by atoms with Gasteiger partial charge in [0.25, 0.3) is 5.91 Å². The van der Waals surface area contributed by atoms with Crippen molar-refractivity contribution >= 4 is 39.1 Å². The highest BCUT2D eigenvalue weighted by molar-refractivity contribution is 7.19. The molecule has 0 bridgehead atoms. The minimum atomic E-state index is -1.15. The topological polar surface area (TPSA) is 72.8 Å². The van der Waals surface area contributed by atoms with Gasteiger partial charge in [-0.25, -0.2) is 0 Å². The second kappa shape index (κ2) is 9.22. The van der Waals surface area contributed by atoms with Crippen LogP contribution in [0.5, 0.6) is 11.5 Å². The van der Waals surface area contributed by atoms with Crippen molar-refractivity contribution in [1.82, 2.24) is 9.88 Å². The summed E-state index contributed by atoms with van der Waals surface area (Å²) in [6.45, 7) is 4.35. The lowest BCUT2D eigenvalue weighted by molar-refractivity contribution is -0.127. The Bertz CT molecular complexity index is 1270. The summed E-state index contributed by atoms with van der Waals surface area (Å²) >= 11 is 1.70. The van der Waals surface area contributed by atoms with Crippen molar-refractivity contribution in [2.75, 3.05) is 19.1 Å². The quantitative estimate of drug-likeness (QED) is 0.513. The molecule has 1 atom stereocenters. The lowest BCUT2D eigenvalue weighted by Gasteiger charge is -2.45. The van der Waals surface area contributed by atoms with Crippen LogP contribution in [-0.4, -0.2) is 42.2 Å². The number of nitrogens with zero attached hydrogens (tertiary/aromatic N) is 2. The second-order valence-corrected chi connectivity index (χ2v) is 10.9. The minimum Gasteiger partial charge on any atom is -0.497 e. The number of rotatable bonds is 6. The SMILES string of the molecule is CCc1cc2c(cc3n2CC(C)(C(=O)NC2CCCCC2)N(c2cc(OC)ccc2OC)C3=O)s1. The number of aryl methyl sites for hydroxylation is 1. The maximum absolute atomic E-state index is 14.2. The van der Waals surface area contributed by atoms with Gasteiger partial charge in [0.1, 0.15) is 22.7 Å². The summed E-state index contributed by atoms with van der Waals surface area (Å²) in [7, 11) is 3.16. The number of thiophene rings is 1. The van der Waals surface area contributed by atoms with E-state index in [1.807, 2.05) is 17.6 Å². The van der Waals surface area contributed by atoms with Gasteiger partial charge in [0.15, 0.2) is 0 Å². The number of methoxy groups -OCH3 is 2. The third-order valence-corrected chi connectivity index (χ3v) is 8.64. The van der Waals surface area contributed by atoms with E-state index in [0.29, 0.717) is 29.4 Å². The van der Waals surface area contributed by atoms with Crippen LogP contribution in [-0.2, 0) is 17.8 Å². The van der Waals surface area contributed by atoms with Crippen LogP contribution in [0.15, 0.2) is 30.3 Å². The maximum Gasteiger partial charge on any atom is 0.276 e. The Hall–Kier alpha value is -3.00. The maximum atomic E-state index is 14.2. The fourth-order valence-electron chi connectivity index (χ4n) is 5.44. The molecule has 0 spiro atoms. The number of ether oxygens (including phenoxy) is 2. The van der Waals surface area contributed by atoms with Crippen molar-refractivity contribution in [2.45, 2.75) is 70.5 Å². The molecule has 1 fully saturated rings. The average Bonchev–Trinajstić information content (AvgIpc) is 3.43. The van der Waals surface area contributed by atoms with E-state index < -0.39 is 5.54 Å². The number of anilines is 1. The van der Waals surface area contributed by atoms with Crippen LogP contribution < -0.4 is 19.7 Å². The zero-order valence-corrected chi connectivity index (χ0v) is 21.7. The van der Waals surface area contributed by atoms with Crippen molar-refractivity contribution in [3.63, 3.8) is 0 Å². The van der Waals surface area contributed by atoms with E-state index >= 15 is 0 Å². The van der Waals surface area contributed by atoms with Gasteiger partial charge >= 0.3 is 0 Å². The lowest BCUT2D eigenvalue weighted by Crippen LogP contribution is -2.65. The van der Waals surface area contributed by atoms with Crippen LogP contribution in [0.1, 0.15) is 61.3 Å². The number of aromatic nitrogens is 1. The third kappa shape index (κ3) is 3.97. The van der Waals surface area contributed by atoms with Gasteiger partial charge in [-0.05, 0) is 50.5 Å². The molecule has 0 saturated heterocycles. The molecule has 3 aromatic rings. The summed E-state index contributed by atoms with van der Waals surface area (Å²) < 4.78 is 14.2. The van der Waals surface area contributed by atoms with Crippen LogP contribution in [0.4, 0.5) is 5.69 Å². The Morgan fingerprint density at radius 1 is 1.14 bits per heavy atom. The fraction of sp³-hybridized carbons (Fsp3) is 0.481. The number of nitrogens with one attached hydrogen (secondary N) is 1. The minimum absolute atomic E-state index is 0.135. The smallest absolute Gasteiger partial charge is 0.276 e. The first-order valence-electron chi connectivity index (χ1n) is 12.4. The Morgan fingerprint density at radius 2 is 1.91 bits per heavy atom. The molecule has 7 nitrogen and oxygen atoms in total. The van der Waals surface area contributed by atoms with E-state index in [2.05, 4.69) is 18.3 Å². The first-order valence-corrected chi connectivity index (χ1v) is 13.2. The van der Waals surface area contributed by atoms with Crippen LogP contribution in [0, 0.1) is 0 Å². The van der Waals surface area contributed by atoms with Crippen molar-refractivity contribution in [3.8, 4) is 11.5 Å². The van der Waals surface area contributed by atoms with Crippen LogP contribution >= 0.6 is 11.3 Å². The third-order valence-electron chi connectivity index (χ3n) is 7.43. The molecule has 8 heteroatoms. The molecule has 1 aliphatic carbocycles. The van der Waals surface area contributed by atoms with E-state index in [1.165, 1.54) is 11.3 Å². The van der Waals surface area contributed by atoms with Gasteiger partial charge in [0, 0.05) is 17.0 Å². The molecule has 0 radical (unpaired) electrons. The highest BCUT2D eigenvalue weighted by Crippen LogP contribution is 2.42. The molecular weight excluding hydrogens is 462 g/mol. The van der Waals surface area contributed by atoms with Gasteiger partial charge in [0.05, 0.1) is 36.7 Å². The van der Waals surface area contributed by atoms with Crippen molar-refractivity contribution < 1.29 is 19.1 Å². The predicted octanol–water partition coefficient (Wildman–Crippen LogP) is 5.15. The molecule has 1 saturated carbocycles. The molecule has 5 rings (SSSR count). The van der Waals surface area contributed by atoms with Gasteiger partial charge in [-0.1, -0.05) is 26.2 Å². The number of benzene rings is 1. The molecule has 186 valence electrons. The second-order valence-electron chi connectivity index (χ2n) is 9.69. The average molecular weight is 496 g/mol. The van der Waals surface area contributed by atoms with Crippen LogP contribution in [0.25, 0.3) is 10.2 Å². The fourth-order valence-corrected chi connectivity index (χ4v) is 6.48. The Kier molecular flexibility index (Phi) is 6.25. The van der Waals surface area contributed by atoms with Gasteiger partial charge in [0.2, 0.25) is 5.91 Å². The van der Waals surface area contributed by atoms with Crippen molar-refractivity contribution in [1.29, 1.82) is 0 Å². The van der Waals surface area contributed by atoms with Gasteiger partial charge in [-0.3, -0.25) is 14.5 Å². The molecule has 2 aliphatic rings. The number of amides is 2. The van der Waals surface area contributed by atoms with Crippen molar-refractivity contribution in [2.24, 2.45) is 0 Å². The first-order chi connectivity index (χ1) is 16.9. The van der Waals surface area contributed by atoms with Crippen LogP contribution in [0.2, 0.25) is 0 Å². The number of carbonyl (C=O) groups is 2. The van der Waals surface area contributed by atoms with E-state index in [1.54, 1.807) is 48.7 Å². The number of carbonyl (C=O) groups excluding carboxylic acids is 2. The molecule has 3 heterocycles. The Morgan fingerprint density at radius 3 is 2.60 bits per heavy atom. The Labute approximate surface area is 210 Å². The monoisotopic (exact) mass is 495 g/mol. The Balaban J connectivity index is 1.65. The standard InChI is InChI=1S/C27H33N3O4S/c1-5-19-14-21-24(35-19)15-22-25(31)30(20-13-18(33-3)11-12-23(20)34-4)27(2,16-29(21)22)26(32)28-17-9-7-6-8-10-17/h11-15,17H,5-10,16H2,1-4H3,(H,28,32). The van der Waals surface area contributed by atoms with E-state index in [4.69, 9.17) is 9.47 Å². The highest BCUT2D eigenvalue weighted by Gasteiger charge is 2.50. The van der Waals surface area contributed by atoms with Crippen LogP contribution in [0.3, 0.4) is 0 Å². The van der Waals surface area contributed by atoms with E-state index in [9.17, 15) is 9.59 Å². The summed E-state index contributed by atoms with van der Waals surface area (Å²) in [5.41, 5.74) is 0.982. The molecule has 35 heavy (non-hydrogen) atoms. The molecule has 1 aromatic carbocycles. The van der Waals surface area contributed by atoms with Crippen molar-refractivity contribution in [3.05, 3.63) is 40.9 Å². The highest BCUT2D eigenvalue weighted by atomic mass is 32.1. The summed E-state index contributed by atoms with van der Waals surface area (Å²) in [5.74, 6) is 0.760. The number of hydrogen-bond donors (Lipinski definition) is 1. The zero-order valence-electron chi connectivity index (χ0n) is 20.8. The van der Waals surface area contributed by atoms with Gasteiger partial charge in [-0.15, -0.1) is 11.3 Å². The summed E-state index contributed by atoms with van der Waals surface area (Å²) in [6, 6.07) is 9.59. The predicted molar refractivity (Wildman–Crippen MR) is 139 cm³/mol. The van der Waals surface area contributed by atoms with E-state index in [0.717, 1.165) is 42.3 Å². The number of hydrogen-bond acceptors (Lipinski definition) is 5. The summed E-state index contributed by atoms with van der Waals surface area (Å²) in [4.78, 5) is 31.0. The normalized spacial score (nSPS) is 20.7. The summed E-state index contributed by atoms with van der Waals surface area (Å²) in [5, 5.41) is 3.29. The lowest BCUT2D eigenvalue weighted by atomic mass is 9.90. The number of fused-ring (bicyclic) bond motifs is 3. The molecule has 2 amide bonds. The largest absolute Gasteiger partial charge is 0.497 e. The zero-order chi connectivity index (χ0) is 24.7. The first kappa shape index (κ1) is 23.7. The summed E-state index contributed by atoms with van der Waals surface area (Å²) in [6.07, 6.45) is 6.33. The van der Waals surface area contributed by atoms with Gasteiger partial charge in [-0.2, -0.15) is 0 Å². The molecule has 1 aliphatic heterocycles. The van der Waals surface area contributed by atoms with Gasteiger partial charge < -0.3 is 19.4 Å². The van der Waals surface area contributed by atoms with E-state index in [-0.39, 0.29) is 17.9 Å². The molecular formula is C27H33N3O4S.